The van der Waals surface area contributed by atoms with Crippen molar-refractivity contribution in [1.29, 1.82) is 0 Å². The maximum atomic E-state index is 9.10. The molecule has 66 valence electrons. The predicted octanol–water partition coefficient (Wildman–Crippen LogP) is 3.00. The molecule has 2 heteroatoms. The zero-order valence-electron chi connectivity index (χ0n) is 7.89. The first kappa shape index (κ1) is 10.7. The Kier molecular flexibility index (Phi) is 4.05. The van der Waals surface area contributed by atoms with Gasteiger partial charge in [0.1, 0.15) is 5.76 Å². The molecule has 0 saturated carbocycles. The summed E-state index contributed by atoms with van der Waals surface area (Å²) in [4.78, 5) is 4.04. The third-order valence-electron chi connectivity index (χ3n) is 1.22. The van der Waals surface area contributed by atoms with Crippen LogP contribution in [-0.4, -0.2) is 10.8 Å². The summed E-state index contributed by atoms with van der Waals surface area (Å²) >= 11 is 0. The van der Waals surface area contributed by atoms with Crippen LogP contribution in [0.15, 0.2) is 41.3 Å². The molecule has 0 rings (SSSR count). The highest BCUT2D eigenvalue weighted by Gasteiger charge is 1.99. The van der Waals surface area contributed by atoms with Gasteiger partial charge in [-0.1, -0.05) is 13.2 Å². The summed E-state index contributed by atoms with van der Waals surface area (Å²) in [5.41, 5.74) is 2.28. The monoisotopic (exact) mass is 165 g/mol. The number of aliphatic hydroxyl groups is 1. The van der Waals surface area contributed by atoms with Gasteiger partial charge in [-0.25, -0.2) is 0 Å². The van der Waals surface area contributed by atoms with Crippen LogP contribution < -0.4 is 0 Å². The fraction of sp³-hybridized carbons (Fsp3) is 0.300. The average Bonchev–Trinajstić information content (AvgIpc) is 1.84. The summed E-state index contributed by atoms with van der Waals surface area (Å²) in [5, 5.41) is 9.10. The summed E-state index contributed by atoms with van der Waals surface area (Å²) in [6.45, 7) is 12.7. The van der Waals surface area contributed by atoms with Gasteiger partial charge in [-0.3, -0.25) is 4.99 Å². The summed E-state index contributed by atoms with van der Waals surface area (Å²) in [5.74, 6) is 0.00694. The van der Waals surface area contributed by atoms with Gasteiger partial charge in [0.2, 0.25) is 0 Å². The minimum absolute atomic E-state index is 0.00694. The molecular formula is C10H15NO. The Morgan fingerprint density at radius 3 is 2.00 bits per heavy atom. The lowest BCUT2D eigenvalue weighted by molar-refractivity contribution is 0.428. The first-order valence-corrected chi connectivity index (χ1v) is 3.70. The van der Waals surface area contributed by atoms with E-state index in [0.29, 0.717) is 5.57 Å². The van der Waals surface area contributed by atoms with Crippen molar-refractivity contribution < 1.29 is 5.11 Å². The molecule has 0 saturated heterocycles. The second kappa shape index (κ2) is 4.54. The third kappa shape index (κ3) is 3.76. The number of hydrogen-bond acceptors (Lipinski definition) is 2. The van der Waals surface area contributed by atoms with Crippen LogP contribution in [0.5, 0.6) is 0 Å². The van der Waals surface area contributed by atoms with Gasteiger partial charge in [-0.2, -0.15) is 0 Å². The molecule has 0 aliphatic rings. The molecule has 0 aromatic heterocycles. The largest absolute Gasteiger partial charge is 0.508 e. The molecule has 0 radical (unpaired) electrons. The number of hydrogen-bond donors (Lipinski definition) is 1. The van der Waals surface area contributed by atoms with Gasteiger partial charge < -0.3 is 5.11 Å². The van der Waals surface area contributed by atoms with Crippen molar-refractivity contribution in [2.45, 2.75) is 20.8 Å². The molecular weight excluding hydrogens is 150 g/mol. The van der Waals surface area contributed by atoms with Crippen molar-refractivity contribution in [3.63, 3.8) is 0 Å². The number of aliphatic hydroxyl groups excluding tert-OH is 1. The quantitative estimate of drug-likeness (QED) is 0.389. The van der Waals surface area contributed by atoms with Crippen LogP contribution in [0.25, 0.3) is 0 Å². The maximum Gasteiger partial charge on any atom is 0.117 e. The van der Waals surface area contributed by atoms with E-state index in [2.05, 4.69) is 18.2 Å². The van der Waals surface area contributed by atoms with Crippen LogP contribution >= 0.6 is 0 Å². The van der Waals surface area contributed by atoms with Crippen molar-refractivity contribution in [3.8, 4) is 0 Å². The van der Waals surface area contributed by atoms with Crippen LogP contribution in [-0.2, 0) is 0 Å². The van der Waals surface area contributed by atoms with E-state index in [1.807, 2.05) is 13.8 Å². The van der Waals surface area contributed by atoms with Gasteiger partial charge in [-0.05, 0) is 26.3 Å². The zero-order chi connectivity index (χ0) is 9.72. The Morgan fingerprint density at radius 1 is 1.25 bits per heavy atom. The second-order valence-electron chi connectivity index (χ2n) is 2.85. The van der Waals surface area contributed by atoms with Gasteiger partial charge in [0.15, 0.2) is 0 Å². The Labute approximate surface area is 73.6 Å². The van der Waals surface area contributed by atoms with Crippen LogP contribution in [0.4, 0.5) is 0 Å². The van der Waals surface area contributed by atoms with Gasteiger partial charge in [0.25, 0.3) is 0 Å². The number of nitrogens with zero attached hydrogens (tertiary/aromatic N) is 1. The van der Waals surface area contributed by atoms with E-state index >= 15 is 0 Å². The molecule has 0 aromatic carbocycles. The van der Waals surface area contributed by atoms with Crippen molar-refractivity contribution in [1.82, 2.24) is 0 Å². The predicted molar refractivity (Wildman–Crippen MR) is 53.4 cm³/mol. The van der Waals surface area contributed by atoms with Gasteiger partial charge in [-0.15, -0.1) is 0 Å². The van der Waals surface area contributed by atoms with E-state index in [4.69, 9.17) is 5.11 Å². The van der Waals surface area contributed by atoms with Crippen molar-refractivity contribution in [2.24, 2.45) is 4.99 Å². The SMILES string of the molecule is C=C(C)/C(=C\N=C(C)C)C(=C)O. The normalized spacial score (nSPS) is 10.8. The lowest BCUT2D eigenvalue weighted by Gasteiger charge is -2.01. The number of aliphatic imine (C=N–C) groups is 1. The number of allylic oxidation sites excluding steroid dienone is 1. The standard InChI is InChI=1S/C10H15NO/c1-7(2)10(9(5)12)6-11-8(3)4/h6,12H,1,5H2,2-4H3/b10-6+. The van der Waals surface area contributed by atoms with Crippen LogP contribution in [0.3, 0.4) is 0 Å². The molecule has 0 bridgehead atoms. The van der Waals surface area contributed by atoms with E-state index in [1.165, 1.54) is 0 Å². The molecule has 0 unspecified atom stereocenters. The third-order valence-corrected chi connectivity index (χ3v) is 1.22. The molecule has 0 aromatic rings. The summed E-state index contributed by atoms with van der Waals surface area (Å²) < 4.78 is 0. The van der Waals surface area contributed by atoms with Gasteiger partial charge >= 0.3 is 0 Å². The molecule has 0 atom stereocenters. The minimum Gasteiger partial charge on any atom is -0.508 e. The highest BCUT2D eigenvalue weighted by Crippen LogP contribution is 2.13. The second-order valence-corrected chi connectivity index (χ2v) is 2.85. The molecule has 0 aliphatic heterocycles. The summed E-state index contributed by atoms with van der Waals surface area (Å²) in [7, 11) is 0. The molecule has 1 N–H and O–H groups in total. The Balaban J connectivity index is 4.75. The van der Waals surface area contributed by atoms with Crippen molar-refractivity contribution in [2.75, 3.05) is 0 Å². The van der Waals surface area contributed by atoms with E-state index in [-0.39, 0.29) is 5.76 Å². The summed E-state index contributed by atoms with van der Waals surface area (Å²) in [6, 6.07) is 0. The van der Waals surface area contributed by atoms with E-state index in [0.717, 1.165) is 11.3 Å². The molecule has 0 aliphatic carbocycles. The van der Waals surface area contributed by atoms with E-state index in [9.17, 15) is 0 Å². The molecule has 0 spiro atoms. The van der Waals surface area contributed by atoms with Crippen molar-refractivity contribution >= 4 is 5.71 Å². The number of rotatable bonds is 3. The van der Waals surface area contributed by atoms with Crippen LogP contribution in [0.2, 0.25) is 0 Å². The fourth-order valence-corrected chi connectivity index (χ4v) is 0.625. The molecule has 0 fully saturated rings. The lowest BCUT2D eigenvalue weighted by Crippen LogP contribution is -1.88. The molecule has 0 amide bonds. The van der Waals surface area contributed by atoms with E-state index in [1.54, 1.807) is 13.1 Å². The lowest BCUT2D eigenvalue weighted by atomic mass is 10.1. The Morgan fingerprint density at radius 2 is 1.75 bits per heavy atom. The van der Waals surface area contributed by atoms with Gasteiger partial charge in [0.05, 0.1) is 0 Å². The average molecular weight is 165 g/mol. The maximum absolute atomic E-state index is 9.10. The van der Waals surface area contributed by atoms with Crippen LogP contribution in [0.1, 0.15) is 20.8 Å². The first-order valence-electron chi connectivity index (χ1n) is 3.70. The highest BCUT2D eigenvalue weighted by molar-refractivity contribution is 5.79. The zero-order valence-corrected chi connectivity index (χ0v) is 7.89. The molecule has 0 heterocycles. The van der Waals surface area contributed by atoms with Crippen molar-refractivity contribution in [3.05, 3.63) is 36.3 Å². The topological polar surface area (TPSA) is 32.6 Å². The highest BCUT2D eigenvalue weighted by atomic mass is 16.3. The van der Waals surface area contributed by atoms with Gasteiger partial charge in [0, 0.05) is 17.5 Å². The Bertz CT molecular complexity index is 239. The molecule has 2 nitrogen and oxygen atoms in total. The Hall–Kier alpha value is -1.31. The van der Waals surface area contributed by atoms with E-state index < -0.39 is 0 Å². The smallest absolute Gasteiger partial charge is 0.117 e. The van der Waals surface area contributed by atoms with Crippen LogP contribution in [0, 0.1) is 0 Å². The fourth-order valence-electron chi connectivity index (χ4n) is 0.625. The summed E-state index contributed by atoms with van der Waals surface area (Å²) in [6.07, 6.45) is 1.57. The minimum atomic E-state index is 0.00694. The first-order chi connectivity index (χ1) is 5.45. The molecule has 12 heavy (non-hydrogen) atoms.